The molecule has 0 radical (unpaired) electrons. The van der Waals surface area contributed by atoms with Gasteiger partial charge in [-0.2, -0.15) is 0 Å². The highest BCUT2D eigenvalue weighted by Gasteiger charge is 2.55. The summed E-state index contributed by atoms with van der Waals surface area (Å²) in [6.07, 6.45) is -0.906. The number of fused-ring (bicyclic) bond motifs is 1. The molecule has 0 aromatic carbocycles. The zero-order chi connectivity index (χ0) is 34.7. The third-order valence-corrected chi connectivity index (χ3v) is 23.9. The second-order valence-electron chi connectivity index (χ2n) is 17.0. The van der Waals surface area contributed by atoms with Crippen LogP contribution in [0.15, 0.2) is 6.33 Å². The first-order chi connectivity index (χ1) is 20.1. The van der Waals surface area contributed by atoms with Crippen LogP contribution in [0.4, 0.5) is 16.0 Å². The van der Waals surface area contributed by atoms with Gasteiger partial charge in [0, 0.05) is 6.92 Å². The number of nitrogens with one attached hydrogen (secondary N) is 1. The molecule has 1 aliphatic heterocycles. The van der Waals surface area contributed by atoms with Crippen LogP contribution in [0, 0.1) is 5.82 Å². The second-order valence-corrected chi connectivity index (χ2v) is 31.3. The molecule has 0 unspecified atom stereocenters. The van der Waals surface area contributed by atoms with Gasteiger partial charge in [0.2, 0.25) is 5.91 Å². The molecule has 0 aliphatic carbocycles. The summed E-state index contributed by atoms with van der Waals surface area (Å²) in [4.78, 5) is 20.5. The first kappa shape index (κ1) is 37.8. The molecular weight excluding hydrogens is 626 g/mol. The second kappa shape index (κ2) is 12.4. The van der Waals surface area contributed by atoms with Crippen molar-refractivity contribution in [3.63, 3.8) is 0 Å². The highest BCUT2D eigenvalue weighted by atomic mass is 28.4. The number of pyridine rings is 1. The summed E-state index contributed by atoms with van der Waals surface area (Å²) in [5.74, 6) is -1.37. The fraction of sp³-hybridized carbons (Fsp3) is 0.774. The molecule has 2 aromatic heterocycles. The number of hydrogen-bond donors (Lipinski definition) is 2. The number of nitrogen functional groups attached to an aromatic ring is 1. The fourth-order valence-electron chi connectivity index (χ4n) is 4.42. The first-order valence-corrected chi connectivity index (χ1v) is 24.6. The molecule has 0 bridgehead atoms. The number of carbonyl (C=O) groups is 1. The standard InChI is InChI=1S/C31H58FN5O5Si3/c1-19(38)35-27-22-23(21(32)26(33)36-27)37(18-34-22)28-25(42-45(15,16)31(8,9)10)24(41-44(13,14)30(5,6)7)20(40-28)17-39-43(11,12)29(2,3)4/h18,20,24-25,28H,17H2,1-16H3,(H3,33,35,36,38)/t20-,24-,25-,28-/m1/s1. The average molecular weight is 684 g/mol. The Hall–Kier alpha value is -1.69. The molecule has 0 spiro atoms. The van der Waals surface area contributed by atoms with Crippen LogP contribution in [0.2, 0.25) is 54.4 Å². The van der Waals surface area contributed by atoms with Crippen molar-refractivity contribution < 1.29 is 27.2 Å². The number of ether oxygens (including phenoxy) is 1. The minimum atomic E-state index is -2.43. The summed E-state index contributed by atoms with van der Waals surface area (Å²) in [5, 5.41) is 2.42. The smallest absolute Gasteiger partial charge is 0.222 e. The van der Waals surface area contributed by atoms with Gasteiger partial charge in [-0.15, -0.1) is 0 Å². The summed E-state index contributed by atoms with van der Waals surface area (Å²) < 4.78 is 45.5. The Bertz CT molecular complexity index is 1400. The van der Waals surface area contributed by atoms with Gasteiger partial charge >= 0.3 is 0 Å². The van der Waals surface area contributed by atoms with Crippen molar-refractivity contribution in [3.05, 3.63) is 12.1 Å². The number of nitrogens with zero attached hydrogens (tertiary/aromatic N) is 3. The van der Waals surface area contributed by atoms with E-state index < -0.39 is 55.3 Å². The van der Waals surface area contributed by atoms with Gasteiger partial charge in [0.15, 0.2) is 48.6 Å². The molecule has 3 N–H and O–H groups in total. The Kier molecular flexibility index (Phi) is 10.4. The normalized spacial score (nSPS) is 22.3. The maximum Gasteiger partial charge on any atom is 0.222 e. The van der Waals surface area contributed by atoms with Gasteiger partial charge in [0.05, 0.1) is 12.9 Å². The Balaban J connectivity index is 2.26. The number of imidazole rings is 1. The number of rotatable bonds is 9. The Labute approximate surface area is 272 Å². The van der Waals surface area contributed by atoms with Crippen LogP contribution in [0.5, 0.6) is 0 Å². The van der Waals surface area contributed by atoms with E-state index in [-0.39, 0.29) is 43.7 Å². The molecule has 0 saturated carbocycles. The number of amides is 1. The Morgan fingerprint density at radius 2 is 1.42 bits per heavy atom. The van der Waals surface area contributed by atoms with Crippen LogP contribution in [-0.4, -0.2) is 70.3 Å². The minimum Gasteiger partial charge on any atom is -0.414 e. The maximum absolute atomic E-state index is 15.9. The van der Waals surface area contributed by atoms with Gasteiger partial charge in [0.1, 0.15) is 29.3 Å². The van der Waals surface area contributed by atoms with E-state index in [0.29, 0.717) is 6.61 Å². The average Bonchev–Trinajstić information content (AvgIpc) is 3.40. The maximum atomic E-state index is 15.9. The van der Waals surface area contributed by atoms with Crippen LogP contribution < -0.4 is 11.1 Å². The van der Waals surface area contributed by atoms with Crippen LogP contribution in [-0.2, 0) is 22.8 Å². The van der Waals surface area contributed by atoms with Gasteiger partial charge in [-0.1, -0.05) is 62.3 Å². The molecule has 1 fully saturated rings. The minimum absolute atomic E-state index is 0.00779. The summed E-state index contributed by atoms with van der Waals surface area (Å²) >= 11 is 0. The monoisotopic (exact) mass is 683 g/mol. The summed E-state index contributed by atoms with van der Waals surface area (Å²) in [6, 6.07) is 0. The largest absolute Gasteiger partial charge is 0.414 e. The van der Waals surface area contributed by atoms with E-state index >= 15 is 4.39 Å². The van der Waals surface area contributed by atoms with E-state index in [2.05, 4.69) is 117 Å². The number of halogens is 1. The Morgan fingerprint density at radius 3 is 1.89 bits per heavy atom. The van der Waals surface area contributed by atoms with E-state index in [0.717, 1.165) is 0 Å². The third kappa shape index (κ3) is 7.73. The van der Waals surface area contributed by atoms with Crippen molar-refractivity contribution in [1.29, 1.82) is 0 Å². The van der Waals surface area contributed by atoms with Crippen molar-refractivity contribution in [2.24, 2.45) is 0 Å². The highest BCUT2D eigenvalue weighted by Crippen LogP contribution is 2.47. The summed E-state index contributed by atoms with van der Waals surface area (Å²) in [5.41, 5.74) is 6.28. The van der Waals surface area contributed by atoms with Gasteiger partial charge in [0.25, 0.3) is 0 Å². The molecule has 2 aromatic rings. The van der Waals surface area contributed by atoms with Crippen molar-refractivity contribution in [2.45, 2.75) is 148 Å². The van der Waals surface area contributed by atoms with Gasteiger partial charge in [-0.3, -0.25) is 9.36 Å². The van der Waals surface area contributed by atoms with E-state index in [1.54, 1.807) is 4.57 Å². The zero-order valence-corrected chi connectivity index (χ0v) is 33.4. The molecule has 1 amide bonds. The predicted molar refractivity (Wildman–Crippen MR) is 187 cm³/mol. The predicted octanol–water partition coefficient (Wildman–Crippen LogP) is 7.81. The highest BCUT2D eigenvalue weighted by molar-refractivity contribution is 6.75. The van der Waals surface area contributed by atoms with Gasteiger partial charge in [-0.25, -0.2) is 14.4 Å². The summed E-state index contributed by atoms with van der Waals surface area (Å²) in [6.45, 7) is 34.7. The third-order valence-electron chi connectivity index (χ3n) is 10.4. The fourth-order valence-corrected chi connectivity index (χ4v) is 8.04. The van der Waals surface area contributed by atoms with Crippen LogP contribution in [0.1, 0.15) is 75.5 Å². The number of hydrogen-bond acceptors (Lipinski definition) is 8. The molecule has 4 atom stereocenters. The van der Waals surface area contributed by atoms with E-state index in [1.165, 1.54) is 13.3 Å². The lowest BCUT2D eigenvalue weighted by molar-refractivity contribution is -0.114. The lowest BCUT2D eigenvalue weighted by Gasteiger charge is -2.44. The van der Waals surface area contributed by atoms with Crippen molar-refractivity contribution in [3.8, 4) is 0 Å². The molecule has 1 saturated heterocycles. The summed E-state index contributed by atoms with van der Waals surface area (Å²) in [7, 11) is -6.96. The molecule has 1 aliphatic rings. The van der Waals surface area contributed by atoms with Crippen LogP contribution >= 0.6 is 0 Å². The van der Waals surface area contributed by atoms with Gasteiger partial charge < -0.3 is 29.1 Å². The molecule has 3 rings (SSSR count). The van der Waals surface area contributed by atoms with E-state index in [9.17, 15) is 4.79 Å². The van der Waals surface area contributed by atoms with Gasteiger partial charge in [-0.05, 0) is 54.4 Å². The quantitative estimate of drug-likeness (QED) is 0.257. The molecule has 10 nitrogen and oxygen atoms in total. The number of anilines is 2. The lowest BCUT2D eigenvalue weighted by atomic mass is 10.1. The number of nitrogens with two attached hydrogens (primary N) is 1. The SMILES string of the molecule is CC(=O)Nc1nc(N)c(F)c2c1ncn2[C@@H]1O[C@H](CO[Si](C)(C)C(C)(C)C)[C@@H](O[Si](C)(C)C(C)(C)C)[C@H]1O[Si](C)(C)C(C)(C)C. The van der Waals surface area contributed by atoms with Crippen molar-refractivity contribution >= 4 is 53.5 Å². The van der Waals surface area contributed by atoms with E-state index in [4.69, 9.17) is 23.7 Å². The molecule has 45 heavy (non-hydrogen) atoms. The first-order valence-electron chi connectivity index (χ1n) is 15.9. The molecule has 256 valence electrons. The molecular formula is C31H58FN5O5Si3. The zero-order valence-electron chi connectivity index (χ0n) is 30.4. The number of aromatic nitrogens is 3. The number of carbonyl (C=O) groups excluding carboxylic acids is 1. The van der Waals surface area contributed by atoms with Crippen LogP contribution in [0.3, 0.4) is 0 Å². The Morgan fingerprint density at radius 1 is 0.933 bits per heavy atom. The van der Waals surface area contributed by atoms with Crippen LogP contribution in [0.25, 0.3) is 11.0 Å². The van der Waals surface area contributed by atoms with E-state index in [1.807, 2.05) is 0 Å². The van der Waals surface area contributed by atoms with Crippen molar-refractivity contribution in [2.75, 3.05) is 17.7 Å². The molecule has 3 heterocycles. The molecule has 14 heteroatoms. The topological polar surface area (TPSA) is 123 Å². The van der Waals surface area contributed by atoms with Crippen molar-refractivity contribution in [1.82, 2.24) is 14.5 Å². The lowest BCUT2D eigenvalue weighted by Crippen LogP contribution is -2.54.